The summed E-state index contributed by atoms with van der Waals surface area (Å²) in [7, 11) is 0. The van der Waals surface area contributed by atoms with Crippen molar-refractivity contribution >= 4 is 17.6 Å². The molecule has 0 bridgehead atoms. The first kappa shape index (κ1) is 12.3. The van der Waals surface area contributed by atoms with E-state index in [4.69, 9.17) is 5.11 Å². The lowest BCUT2D eigenvalue weighted by Gasteiger charge is -2.05. The van der Waals surface area contributed by atoms with E-state index in [9.17, 15) is 9.59 Å². The molecule has 0 spiro atoms. The first-order valence-electron chi connectivity index (χ1n) is 6.15. The zero-order valence-electron chi connectivity index (χ0n) is 10.4. The molecule has 7 heteroatoms. The highest BCUT2D eigenvalue weighted by molar-refractivity contribution is 5.98. The number of nitrogens with one attached hydrogen (secondary N) is 1. The highest BCUT2D eigenvalue weighted by Crippen LogP contribution is 2.39. The molecule has 1 aliphatic carbocycles. The van der Waals surface area contributed by atoms with Crippen LogP contribution in [0.1, 0.15) is 6.42 Å². The molecule has 2 N–H and O–H groups in total. The second kappa shape index (κ2) is 4.76. The van der Waals surface area contributed by atoms with Crippen molar-refractivity contribution < 1.29 is 14.7 Å². The molecule has 0 radical (unpaired) electrons. The second-order valence-corrected chi connectivity index (χ2v) is 4.64. The van der Waals surface area contributed by atoms with Crippen molar-refractivity contribution in [2.45, 2.75) is 6.42 Å². The van der Waals surface area contributed by atoms with Crippen molar-refractivity contribution in [3.8, 4) is 5.69 Å². The maximum absolute atomic E-state index is 11.8. The molecule has 1 aromatic heterocycles. The number of anilines is 1. The number of aliphatic carboxylic acids is 1. The minimum atomic E-state index is -0.912. The van der Waals surface area contributed by atoms with Crippen LogP contribution in [-0.4, -0.2) is 32.0 Å². The maximum Gasteiger partial charge on any atom is 0.307 e. The van der Waals surface area contributed by atoms with Crippen molar-refractivity contribution in [2.24, 2.45) is 11.8 Å². The van der Waals surface area contributed by atoms with Crippen molar-refractivity contribution in [3.63, 3.8) is 0 Å². The first-order valence-corrected chi connectivity index (χ1v) is 6.15. The van der Waals surface area contributed by atoms with Crippen LogP contribution in [0, 0.1) is 11.8 Å². The summed E-state index contributed by atoms with van der Waals surface area (Å²) in [5, 5.41) is 19.5. The number of carbonyl (C=O) groups excluding carboxylic acids is 1. The minimum Gasteiger partial charge on any atom is -0.481 e. The van der Waals surface area contributed by atoms with E-state index >= 15 is 0 Å². The van der Waals surface area contributed by atoms with Crippen LogP contribution in [0.25, 0.3) is 5.69 Å². The van der Waals surface area contributed by atoms with Gasteiger partial charge in [0.15, 0.2) is 0 Å². The number of rotatable bonds is 4. The Balaban J connectivity index is 1.64. The largest absolute Gasteiger partial charge is 0.481 e. The Bertz CT molecular complexity index is 636. The third-order valence-corrected chi connectivity index (χ3v) is 3.23. The fourth-order valence-corrected chi connectivity index (χ4v) is 2.02. The van der Waals surface area contributed by atoms with E-state index in [0.717, 1.165) is 5.69 Å². The maximum atomic E-state index is 11.8. The number of carboxylic acid groups (broad SMARTS) is 1. The van der Waals surface area contributed by atoms with E-state index in [0.29, 0.717) is 12.1 Å². The van der Waals surface area contributed by atoms with Gasteiger partial charge in [0.05, 0.1) is 29.9 Å². The van der Waals surface area contributed by atoms with Crippen LogP contribution in [-0.2, 0) is 9.59 Å². The summed E-state index contributed by atoms with van der Waals surface area (Å²) in [5.41, 5.74) is 1.41. The second-order valence-electron chi connectivity index (χ2n) is 4.64. The minimum absolute atomic E-state index is 0.248. The number of aromatic nitrogens is 3. The van der Waals surface area contributed by atoms with Crippen LogP contribution in [0.4, 0.5) is 5.69 Å². The van der Waals surface area contributed by atoms with Crippen molar-refractivity contribution in [2.75, 3.05) is 5.32 Å². The fourth-order valence-electron chi connectivity index (χ4n) is 2.02. The summed E-state index contributed by atoms with van der Waals surface area (Å²) < 4.78 is 0. The highest BCUT2D eigenvalue weighted by Gasteiger charge is 2.48. The van der Waals surface area contributed by atoms with Gasteiger partial charge in [0, 0.05) is 5.69 Å². The first-order chi connectivity index (χ1) is 9.65. The summed E-state index contributed by atoms with van der Waals surface area (Å²) in [6, 6.07) is 7.01. The van der Waals surface area contributed by atoms with Crippen LogP contribution >= 0.6 is 0 Å². The number of hydrogen-bond acceptors (Lipinski definition) is 4. The smallest absolute Gasteiger partial charge is 0.307 e. The number of amides is 1. The van der Waals surface area contributed by atoms with Crippen molar-refractivity contribution in [3.05, 3.63) is 36.7 Å². The quantitative estimate of drug-likeness (QED) is 0.862. The molecule has 0 saturated heterocycles. The van der Waals surface area contributed by atoms with Gasteiger partial charge in [-0.1, -0.05) is 0 Å². The van der Waals surface area contributed by atoms with Crippen LogP contribution in [0.3, 0.4) is 0 Å². The van der Waals surface area contributed by atoms with E-state index < -0.39 is 17.8 Å². The SMILES string of the molecule is O=C(O)C1CC1C(=O)Nc1ccc(-n2nccn2)cc1. The normalized spacial score (nSPS) is 20.4. The lowest BCUT2D eigenvalue weighted by molar-refractivity contribution is -0.139. The average molecular weight is 272 g/mol. The zero-order chi connectivity index (χ0) is 14.1. The lowest BCUT2D eigenvalue weighted by Crippen LogP contribution is -2.16. The Labute approximate surface area is 114 Å². The van der Waals surface area contributed by atoms with Gasteiger partial charge < -0.3 is 10.4 Å². The van der Waals surface area contributed by atoms with Gasteiger partial charge in [-0.05, 0) is 30.7 Å². The molecule has 1 fully saturated rings. The van der Waals surface area contributed by atoms with E-state index in [-0.39, 0.29) is 5.91 Å². The van der Waals surface area contributed by atoms with Gasteiger partial charge in [0.25, 0.3) is 0 Å². The van der Waals surface area contributed by atoms with E-state index in [1.54, 1.807) is 36.7 Å². The number of benzene rings is 1. The van der Waals surface area contributed by atoms with Crippen LogP contribution in [0.5, 0.6) is 0 Å². The Hall–Kier alpha value is -2.70. The standard InChI is InChI=1S/C13H12N4O3/c18-12(10-7-11(10)13(19)20)16-8-1-3-9(4-2-8)17-14-5-6-15-17/h1-6,10-11H,7H2,(H,16,18)(H,19,20). The molecule has 7 nitrogen and oxygen atoms in total. The van der Waals surface area contributed by atoms with E-state index in [1.807, 2.05) is 0 Å². The number of nitrogens with zero attached hydrogens (tertiary/aromatic N) is 3. The number of carboxylic acids is 1. The molecule has 0 aliphatic heterocycles. The zero-order valence-corrected chi connectivity index (χ0v) is 10.4. The monoisotopic (exact) mass is 272 g/mol. The molecule has 3 rings (SSSR count). The Morgan fingerprint density at radius 2 is 1.80 bits per heavy atom. The number of carbonyl (C=O) groups is 2. The van der Waals surface area contributed by atoms with Crippen molar-refractivity contribution in [1.29, 1.82) is 0 Å². The van der Waals surface area contributed by atoms with Gasteiger partial charge >= 0.3 is 5.97 Å². The Morgan fingerprint density at radius 1 is 1.15 bits per heavy atom. The average Bonchev–Trinajstić information content (AvgIpc) is 3.07. The van der Waals surface area contributed by atoms with E-state index in [1.165, 1.54) is 4.80 Å². The van der Waals surface area contributed by atoms with Gasteiger partial charge in [-0.3, -0.25) is 9.59 Å². The molecule has 2 unspecified atom stereocenters. The molecule has 2 aromatic rings. The van der Waals surface area contributed by atoms with Gasteiger partial charge in [-0.15, -0.1) is 0 Å². The third-order valence-electron chi connectivity index (χ3n) is 3.23. The highest BCUT2D eigenvalue weighted by atomic mass is 16.4. The molecule has 1 heterocycles. The molecular weight excluding hydrogens is 260 g/mol. The molecular formula is C13H12N4O3. The number of hydrogen-bond donors (Lipinski definition) is 2. The summed E-state index contributed by atoms with van der Waals surface area (Å²) in [5.74, 6) is -2.12. The molecule has 102 valence electrons. The van der Waals surface area contributed by atoms with Gasteiger partial charge in [-0.2, -0.15) is 15.0 Å². The fraction of sp³-hybridized carbons (Fsp3) is 0.231. The van der Waals surface area contributed by atoms with Gasteiger partial charge in [0.1, 0.15) is 0 Å². The predicted molar refractivity (Wildman–Crippen MR) is 69.2 cm³/mol. The molecule has 1 aliphatic rings. The third kappa shape index (κ3) is 2.37. The van der Waals surface area contributed by atoms with Crippen LogP contribution < -0.4 is 5.32 Å². The van der Waals surface area contributed by atoms with Crippen molar-refractivity contribution in [1.82, 2.24) is 15.0 Å². The summed E-state index contributed by atoms with van der Waals surface area (Å²) in [6.07, 6.45) is 3.57. The van der Waals surface area contributed by atoms with Gasteiger partial charge in [0.2, 0.25) is 5.91 Å². The van der Waals surface area contributed by atoms with Gasteiger partial charge in [-0.25, -0.2) is 0 Å². The van der Waals surface area contributed by atoms with Crippen LogP contribution in [0.2, 0.25) is 0 Å². The molecule has 1 amide bonds. The summed E-state index contributed by atoms with van der Waals surface area (Å²) in [4.78, 5) is 24.0. The molecule has 20 heavy (non-hydrogen) atoms. The summed E-state index contributed by atoms with van der Waals surface area (Å²) in [6.45, 7) is 0. The Kier molecular flexibility index (Phi) is 2.94. The molecule has 2 atom stereocenters. The molecule has 1 saturated carbocycles. The lowest BCUT2D eigenvalue weighted by atomic mass is 10.2. The summed E-state index contributed by atoms with van der Waals surface area (Å²) >= 11 is 0. The van der Waals surface area contributed by atoms with E-state index in [2.05, 4.69) is 15.5 Å². The van der Waals surface area contributed by atoms with Crippen LogP contribution in [0.15, 0.2) is 36.7 Å². The topological polar surface area (TPSA) is 97.1 Å². The Morgan fingerprint density at radius 3 is 2.35 bits per heavy atom. The molecule has 1 aromatic carbocycles. The predicted octanol–water partition coefficient (Wildman–Crippen LogP) is 0.927.